The van der Waals surface area contributed by atoms with Gasteiger partial charge in [-0.2, -0.15) is 0 Å². The molecular formula is C15H16BrNO. The molecule has 2 aromatic rings. The highest BCUT2D eigenvalue weighted by atomic mass is 79.9. The van der Waals surface area contributed by atoms with Crippen molar-refractivity contribution in [3.63, 3.8) is 0 Å². The Morgan fingerprint density at radius 3 is 2.67 bits per heavy atom. The largest absolute Gasteiger partial charge is 0.488 e. The summed E-state index contributed by atoms with van der Waals surface area (Å²) in [6.45, 7) is 4.59. The standard InChI is InChI=1S/C15H16BrNO/c1-10-6-7-15(13(16)8-10)18-9-12-4-3-5-14(17)11(12)2/h3-8H,9,17H2,1-2H3. The van der Waals surface area contributed by atoms with Crippen molar-refractivity contribution in [2.24, 2.45) is 0 Å². The van der Waals surface area contributed by atoms with Gasteiger partial charge in [0.1, 0.15) is 12.4 Å². The summed E-state index contributed by atoms with van der Waals surface area (Å²) in [4.78, 5) is 0. The second-order valence-electron chi connectivity index (χ2n) is 4.35. The molecule has 2 rings (SSSR count). The van der Waals surface area contributed by atoms with E-state index in [0.29, 0.717) is 6.61 Å². The fourth-order valence-electron chi connectivity index (χ4n) is 1.74. The summed E-state index contributed by atoms with van der Waals surface area (Å²) in [6.07, 6.45) is 0. The first kappa shape index (κ1) is 13.0. The highest BCUT2D eigenvalue weighted by molar-refractivity contribution is 9.10. The van der Waals surface area contributed by atoms with Crippen LogP contribution in [0, 0.1) is 13.8 Å². The average Bonchev–Trinajstić information content (AvgIpc) is 2.33. The first-order chi connectivity index (χ1) is 8.58. The fourth-order valence-corrected chi connectivity index (χ4v) is 2.35. The van der Waals surface area contributed by atoms with Crippen molar-refractivity contribution < 1.29 is 4.74 Å². The molecule has 0 saturated heterocycles. The second-order valence-corrected chi connectivity index (χ2v) is 5.21. The number of nitrogen functional groups attached to an aromatic ring is 1. The normalized spacial score (nSPS) is 10.4. The van der Waals surface area contributed by atoms with Crippen LogP contribution in [0.2, 0.25) is 0 Å². The minimum atomic E-state index is 0.526. The molecule has 0 aromatic heterocycles. The molecule has 2 nitrogen and oxygen atoms in total. The summed E-state index contributed by atoms with van der Waals surface area (Å²) < 4.78 is 6.79. The van der Waals surface area contributed by atoms with Crippen LogP contribution in [0.5, 0.6) is 5.75 Å². The van der Waals surface area contributed by atoms with E-state index >= 15 is 0 Å². The van der Waals surface area contributed by atoms with Gasteiger partial charge in [0.15, 0.2) is 0 Å². The Kier molecular flexibility index (Phi) is 3.92. The molecule has 0 aliphatic carbocycles. The third-order valence-corrected chi connectivity index (χ3v) is 3.58. The zero-order valence-corrected chi connectivity index (χ0v) is 12.1. The average molecular weight is 306 g/mol. The number of hydrogen-bond acceptors (Lipinski definition) is 2. The first-order valence-corrected chi connectivity index (χ1v) is 6.60. The number of nitrogens with two attached hydrogens (primary N) is 1. The highest BCUT2D eigenvalue weighted by Gasteiger charge is 2.04. The van der Waals surface area contributed by atoms with Crippen LogP contribution in [-0.2, 0) is 6.61 Å². The summed E-state index contributed by atoms with van der Waals surface area (Å²) in [5.74, 6) is 0.849. The topological polar surface area (TPSA) is 35.2 Å². The third kappa shape index (κ3) is 2.85. The van der Waals surface area contributed by atoms with Gasteiger partial charge in [-0.05, 0) is 64.7 Å². The maximum absolute atomic E-state index is 5.87. The predicted octanol–water partition coefficient (Wildman–Crippen LogP) is 4.23. The van der Waals surface area contributed by atoms with Crippen LogP contribution in [0.15, 0.2) is 40.9 Å². The van der Waals surface area contributed by atoms with E-state index in [1.54, 1.807) is 0 Å². The molecular weight excluding hydrogens is 290 g/mol. The van der Waals surface area contributed by atoms with Crippen molar-refractivity contribution in [3.8, 4) is 5.75 Å². The molecule has 0 spiro atoms. The minimum Gasteiger partial charge on any atom is -0.488 e. The van der Waals surface area contributed by atoms with E-state index in [0.717, 1.165) is 27.0 Å². The molecule has 0 amide bonds. The molecule has 0 heterocycles. The van der Waals surface area contributed by atoms with E-state index in [-0.39, 0.29) is 0 Å². The molecule has 0 aliphatic heterocycles. The molecule has 0 aliphatic rings. The molecule has 0 unspecified atom stereocenters. The monoisotopic (exact) mass is 305 g/mol. The van der Waals surface area contributed by atoms with Crippen LogP contribution in [0.4, 0.5) is 5.69 Å². The fraction of sp³-hybridized carbons (Fsp3) is 0.200. The molecule has 2 aromatic carbocycles. The van der Waals surface area contributed by atoms with Gasteiger partial charge < -0.3 is 10.5 Å². The molecule has 0 bridgehead atoms. The smallest absolute Gasteiger partial charge is 0.134 e. The summed E-state index contributed by atoms with van der Waals surface area (Å²) >= 11 is 3.50. The van der Waals surface area contributed by atoms with Crippen molar-refractivity contribution in [1.29, 1.82) is 0 Å². The van der Waals surface area contributed by atoms with Crippen molar-refractivity contribution in [2.75, 3.05) is 5.73 Å². The second kappa shape index (κ2) is 5.44. The van der Waals surface area contributed by atoms with Gasteiger partial charge in [-0.1, -0.05) is 18.2 Å². The van der Waals surface area contributed by atoms with E-state index in [1.807, 2.05) is 43.3 Å². The Balaban J connectivity index is 2.14. The molecule has 0 saturated carbocycles. The van der Waals surface area contributed by atoms with Gasteiger partial charge in [-0.25, -0.2) is 0 Å². The number of rotatable bonds is 3. The van der Waals surface area contributed by atoms with E-state index in [2.05, 4.69) is 22.9 Å². The van der Waals surface area contributed by atoms with Crippen LogP contribution in [0.25, 0.3) is 0 Å². The number of hydrogen-bond donors (Lipinski definition) is 1. The van der Waals surface area contributed by atoms with Crippen LogP contribution in [0.3, 0.4) is 0 Å². The summed E-state index contributed by atoms with van der Waals surface area (Å²) in [6, 6.07) is 11.9. The summed E-state index contributed by atoms with van der Waals surface area (Å²) in [7, 11) is 0. The highest BCUT2D eigenvalue weighted by Crippen LogP contribution is 2.27. The minimum absolute atomic E-state index is 0.526. The van der Waals surface area contributed by atoms with Gasteiger partial charge in [0.05, 0.1) is 4.47 Å². The molecule has 0 fully saturated rings. The quantitative estimate of drug-likeness (QED) is 0.861. The number of aryl methyl sites for hydroxylation is 1. The van der Waals surface area contributed by atoms with Crippen LogP contribution < -0.4 is 10.5 Å². The lowest BCUT2D eigenvalue weighted by molar-refractivity contribution is 0.303. The van der Waals surface area contributed by atoms with Gasteiger partial charge in [0, 0.05) is 5.69 Å². The molecule has 2 N–H and O–H groups in total. The van der Waals surface area contributed by atoms with Gasteiger partial charge in [0.25, 0.3) is 0 Å². The Hall–Kier alpha value is -1.48. The van der Waals surface area contributed by atoms with Crippen LogP contribution in [-0.4, -0.2) is 0 Å². The summed E-state index contributed by atoms with van der Waals surface area (Å²) in [5, 5.41) is 0. The maximum Gasteiger partial charge on any atom is 0.134 e. The summed E-state index contributed by atoms with van der Waals surface area (Å²) in [5.41, 5.74) is 10.1. The molecule has 94 valence electrons. The van der Waals surface area contributed by atoms with Crippen molar-refractivity contribution in [1.82, 2.24) is 0 Å². The van der Waals surface area contributed by atoms with E-state index in [9.17, 15) is 0 Å². The Bertz CT molecular complexity index is 566. The van der Waals surface area contributed by atoms with Gasteiger partial charge in [-0.3, -0.25) is 0 Å². The number of ether oxygens (including phenoxy) is 1. The van der Waals surface area contributed by atoms with E-state index in [4.69, 9.17) is 10.5 Å². The number of benzene rings is 2. The number of halogens is 1. The van der Waals surface area contributed by atoms with E-state index in [1.165, 1.54) is 5.56 Å². The molecule has 18 heavy (non-hydrogen) atoms. The molecule has 0 radical (unpaired) electrons. The number of anilines is 1. The third-order valence-electron chi connectivity index (χ3n) is 2.96. The SMILES string of the molecule is Cc1ccc(OCc2cccc(N)c2C)c(Br)c1. The Morgan fingerprint density at radius 2 is 1.94 bits per heavy atom. The zero-order chi connectivity index (χ0) is 13.1. The van der Waals surface area contributed by atoms with Crippen LogP contribution >= 0.6 is 15.9 Å². The van der Waals surface area contributed by atoms with Crippen molar-refractivity contribution >= 4 is 21.6 Å². The van der Waals surface area contributed by atoms with Gasteiger partial charge in [-0.15, -0.1) is 0 Å². The molecule has 3 heteroatoms. The van der Waals surface area contributed by atoms with Crippen molar-refractivity contribution in [3.05, 3.63) is 57.6 Å². The lowest BCUT2D eigenvalue weighted by Crippen LogP contribution is -2.01. The molecule has 0 atom stereocenters. The Labute approximate surface area is 116 Å². The van der Waals surface area contributed by atoms with E-state index < -0.39 is 0 Å². The lowest BCUT2D eigenvalue weighted by Gasteiger charge is -2.11. The first-order valence-electron chi connectivity index (χ1n) is 5.81. The van der Waals surface area contributed by atoms with Crippen LogP contribution in [0.1, 0.15) is 16.7 Å². The Morgan fingerprint density at radius 1 is 1.17 bits per heavy atom. The zero-order valence-electron chi connectivity index (χ0n) is 10.5. The van der Waals surface area contributed by atoms with Gasteiger partial charge >= 0.3 is 0 Å². The van der Waals surface area contributed by atoms with Crippen molar-refractivity contribution in [2.45, 2.75) is 20.5 Å². The lowest BCUT2D eigenvalue weighted by atomic mass is 10.1. The van der Waals surface area contributed by atoms with Gasteiger partial charge in [0.2, 0.25) is 0 Å². The maximum atomic E-state index is 5.87. The predicted molar refractivity (Wildman–Crippen MR) is 78.8 cm³/mol.